The fourth-order valence-electron chi connectivity index (χ4n) is 1.35. The Morgan fingerprint density at radius 3 is 2.81 bits per heavy atom. The van der Waals surface area contributed by atoms with Crippen LogP contribution in [0.1, 0.15) is 26.7 Å². The molecular weight excluding hydrogens is 222 g/mol. The van der Waals surface area contributed by atoms with Crippen molar-refractivity contribution in [3.63, 3.8) is 0 Å². The summed E-state index contributed by atoms with van der Waals surface area (Å²) in [5, 5.41) is 4.36. The number of hydrogen-bond donors (Lipinski definition) is 1. The molecule has 0 aromatic rings. The number of nitrogens with one attached hydrogen (secondary N) is 1. The molecule has 1 aliphatic heterocycles. The average Bonchev–Trinajstić information content (AvgIpc) is 2.15. The summed E-state index contributed by atoms with van der Waals surface area (Å²) in [6.45, 7) is 4.92. The van der Waals surface area contributed by atoms with Gasteiger partial charge in [0.1, 0.15) is 0 Å². The van der Waals surface area contributed by atoms with E-state index in [-0.39, 0.29) is 11.4 Å². The van der Waals surface area contributed by atoms with Gasteiger partial charge in [0.05, 0.1) is 6.54 Å². The second-order valence-electron chi connectivity index (χ2n) is 4.83. The highest BCUT2D eigenvalue weighted by Crippen LogP contribution is 2.21. The van der Waals surface area contributed by atoms with Crippen LogP contribution in [0.15, 0.2) is 4.99 Å². The molecule has 0 aliphatic carbocycles. The molecule has 0 unspecified atom stereocenters. The molecule has 0 spiro atoms. The molecule has 0 radical (unpaired) electrons. The van der Waals surface area contributed by atoms with E-state index in [1.807, 2.05) is 0 Å². The zero-order valence-electron chi connectivity index (χ0n) is 10.5. The number of carbonyl (C=O) groups excluding carboxylic acids is 1. The highest BCUT2D eigenvalue weighted by atomic mass is 32.2. The Labute approximate surface area is 102 Å². The minimum absolute atomic E-state index is 0.129. The molecule has 16 heavy (non-hydrogen) atoms. The van der Waals surface area contributed by atoms with Crippen LogP contribution in [0.3, 0.4) is 0 Å². The smallest absolute Gasteiger partial charge is 0.223 e. The van der Waals surface area contributed by atoms with E-state index >= 15 is 0 Å². The standard InChI is InChI=1S/C11H21N3OS/c1-11(2)6-8-16-10(13-11)12-7-5-9(15)14(3)4/h5-8H2,1-4H3,(H,12,13). The van der Waals surface area contributed by atoms with E-state index in [9.17, 15) is 4.79 Å². The first-order valence-corrected chi connectivity index (χ1v) is 6.55. The molecular formula is C11H21N3OS. The van der Waals surface area contributed by atoms with Gasteiger partial charge in [-0.2, -0.15) is 0 Å². The monoisotopic (exact) mass is 243 g/mol. The zero-order chi connectivity index (χ0) is 12.2. The summed E-state index contributed by atoms with van der Waals surface area (Å²) in [5.41, 5.74) is 0.135. The molecule has 1 saturated heterocycles. The van der Waals surface area contributed by atoms with Crippen LogP contribution in [0.5, 0.6) is 0 Å². The third-order valence-corrected chi connectivity index (χ3v) is 3.40. The molecule has 1 rings (SSSR count). The maximum absolute atomic E-state index is 11.3. The summed E-state index contributed by atoms with van der Waals surface area (Å²) in [6, 6.07) is 0. The Balaban J connectivity index is 2.37. The number of amides is 1. The largest absolute Gasteiger partial charge is 0.360 e. The lowest BCUT2D eigenvalue weighted by atomic mass is 10.0. The highest BCUT2D eigenvalue weighted by Gasteiger charge is 2.23. The average molecular weight is 243 g/mol. The van der Waals surface area contributed by atoms with Crippen LogP contribution in [-0.2, 0) is 4.79 Å². The van der Waals surface area contributed by atoms with Gasteiger partial charge in [-0.05, 0) is 20.3 Å². The van der Waals surface area contributed by atoms with Crippen molar-refractivity contribution in [2.24, 2.45) is 4.99 Å². The number of carbonyl (C=O) groups is 1. The number of thioether (sulfide) groups is 1. The first-order chi connectivity index (χ1) is 7.41. The van der Waals surface area contributed by atoms with Crippen molar-refractivity contribution in [3.05, 3.63) is 0 Å². The summed E-state index contributed by atoms with van der Waals surface area (Å²) in [4.78, 5) is 17.4. The maximum Gasteiger partial charge on any atom is 0.223 e. The van der Waals surface area contributed by atoms with Crippen LogP contribution in [0.4, 0.5) is 0 Å². The van der Waals surface area contributed by atoms with Gasteiger partial charge in [-0.25, -0.2) is 0 Å². The van der Waals surface area contributed by atoms with Crippen molar-refractivity contribution in [1.82, 2.24) is 10.2 Å². The molecule has 0 bridgehead atoms. The minimum Gasteiger partial charge on any atom is -0.360 e. The fraction of sp³-hybridized carbons (Fsp3) is 0.818. The van der Waals surface area contributed by atoms with Gasteiger partial charge in [0.15, 0.2) is 5.17 Å². The topological polar surface area (TPSA) is 44.7 Å². The van der Waals surface area contributed by atoms with E-state index < -0.39 is 0 Å². The summed E-state index contributed by atoms with van der Waals surface area (Å²) in [6.07, 6.45) is 1.63. The summed E-state index contributed by atoms with van der Waals surface area (Å²) in [7, 11) is 3.54. The molecule has 0 atom stereocenters. The van der Waals surface area contributed by atoms with Gasteiger partial charge >= 0.3 is 0 Å². The fourth-order valence-corrected chi connectivity index (χ4v) is 2.69. The molecule has 0 aromatic carbocycles. The SMILES string of the molecule is CN(C)C(=O)CCN=C1NC(C)(C)CCS1. The zero-order valence-corrected chi connectivity index (χ0v) is 11.4. The summed E-state index contributed by atoms with van der Waals surface area (Å²) >= 11 is 1.74. The van der Waals surface area contributed by atoms with Crippen LogP contribution < -0.4 is 5.32 Å². The minimum atomic E-state index is 0.129. The van der Waals surface area contributed by atoms with Crippen molar-refractivity contribution < 1.29 is 4.79 Å². The van der Waals surface area contributed by atoms with Gasteiger partial charge in [0.2, 0.25) is 5.91 Å². The maximum atomic E-state index is 11.3. The molecule has 1 aliphatic rings. The Morgan fingerprint density at radius 2 is 2.25 bits per heavy atom. The van der Waals surface area contributed by atoms with Gasteiger partial charge < -0.3 is 10.2 Å². The number of amidine groups is 1. The molecule has 1 amide bonds. The molecule has 0 saturated carbocycles. The predicted octanol–water partition coefficient (Wildman–Crippen LogP) is 1.33. The molecule has 1 fully saturated rings. The quantitative estimate of drug-likeness (QED) is 0.813. The van der Waals surface area contributed by atoms with Crippen LogP contribution >= 0.6 is 11.8 Å². The number of rotatable bonds is 3. The highest BCUT2D eigenvalue weighted by molar-refractivity contribution is 8.13. The van der Waals surface area contributed by atoms with Crippen LogP contribution in [-0.4, -0.2) is 47.9 Å². The number of hydrogen-bond acceptors (Lipinski definition) is 3. The Bertz CT molecular complexity index is 287. The van der Waals surface area contributed by atoms with Crippen LogP contribution in [0.25, 0.3) is 0 Å². The van der Waals surface area contributed by atoms with Gasteiger partial charge in [-0.3, -0.25) is 9.79 Å². The van der Waals surface area contributed by atoms with E-state index in [1.165, 1.54) is 0 Å². The lowest BCUT2D eigenvalue weighted by Crippen LogP contribution is -2.46. The number of nitrogens with zero attached hydrogens (tertiary/aromatic N) is 2. The van der Waals surface area contributed by atoms with E-state index in [2.05, 4.69) is 24.2 Å². The van der Waals surface area contributed by atoms with Crippen molar-refractivity contribution in [1.29, 1.82) is 0 Å². The van der Waals surface area contributed by atoms with E-state index in [1.54, 1.807) is 30.8 Å². The lowest BCUT2D eigenvalue weighted by molar-refractivity contribution is -0.128. The molecule has 1 N–H and O–H groups in total. The normalized spacial score (nSPS) is 21.6. The van der Waals surface area contributed by atoms with Gasteiger partial charge in [0.25, 0.3) is 0 Å². The third kappa shape index (κ3) is 4.43. The second-order valence-corrected chi connectivity index (χ2v) is 5.92. The molecule has 92 valence electrons. The van der Waals surface area contributed by atoms with E-state index in [0.29, 0.717) is 13.0 Å². The van der Waals surface area contributed by atoms with Crippen LogP contribution in [0.2, 0.25) is 0 Å². The van der Waals surface area contributed by atoms with E-state index in [4.69, 9.17) is 0 Å². The molecule has 4 nitrogen and oxygen atoms in total. The Kier molecular flexibility index (Phi) is 4.65. The Hall–Kier alpha value is -0.710. The second kappa shape index (κ2) is 5.57. The van der Waals surface area contributed by atoms with Crippen molar-refractivity contribution >= 4 is 22.8 Å². The van der Waals surface area contributed by atoms with Crippen LogP contribution in [0, 0.1) is 0 Å². The summed E-state index contributed by atoms with van der Waals surface area (Å²) < 4.78 is 0. The van der Waals surface area contributed by atoms with Crippen molar-refractivity contribution in [2.45, 2.75) is 32.2 Å². The van der Waals surface area contributed by atoms with Crippen molar-refractivity contribution in [3.8, 4) is 0 Å². The number of aliphatic imine (C=N–C) groups is 1. The molecule has 1 heterocycles. The Morgan fingerprint density at radius 1 is 1.56 bits per heavy atom. The van der Waals surface area contributed by atoms with Gasteiger partial charge in [-0.15, -0.1) is 0 Å². The first-order valence-electron chi connectivity index (χ1n) is 5.56. The first kappa shape index (κ1) is 13.4. The lowest BCUT2D eigenvalue weighted by Gasteiger charge is -2.32. The van der Waals surface area contributed by atoms with Crippen molar-refractivity contribution in [2.75, 3.05) is 26.4 Å². The molecule has 0 aromatic heterocycles. The van der Waals surface area contributed by atoms with Gasteiger partial charge in [0, 0.05) is 31.8 Å². The van der Waals surface area contributed by atoms with E-state index in [0.717, 1.165) is 17.3 Å². The predicted molar refractivity (Wildman–Crippen MR) is 69.9 cm³/mol. The molecule has 5 heteroatoms. The van der Waals surface area contributed by atoms with Gasteiger partial charge in [-0.1, -0.05) is 11.8 Å². The summed E-state index contributed by atoms with van der Waals surface area (Å²) in [5.74, 6) is 1.23. The third-order valence-electron chi connectivity index (χ3n) is 2.49.